The number of urea groups is 1. The van der Waals surface area contributed by atoms with E-state index < -0.39 is 5.54 Å². The minimum absolute atomic E-state index is 0.0194. The molecule has 1 fully saturated rings. The first-order valence-electron chi connectivity index (χ1n) is 12.1. The standard InChI is InChI=1S/C25H35N5O3S2/c1-18-7-15-35-23(18)20-16-19(21-6-5-14-34-21)27-30(20)22(31)17-29(24(32)26-25(2,3)4)9-8-28-10-12-33-13-11-28/h5-7,14-15,20H,8-13,16-17H2,1-4H3,(H,26,32)/t20-/m1/s1. The Morgan fingerprint density at radius 2 is 1.97 bits per heavy atom. The Hall–Kier alpha value is -2.27. The molecule has 0 radical (unpaired) electrons. The molecule has 8 nitrogen and oxygen atoms in total. The summed E-state index contributed by atoms with van der Waals surface area (Å²) in [7, 11) is 0. The highest BCUT2D eigenvalue weighted by Crippen LogP contribution is 2.37. The molecular weight excluding hydrogens is 482 g/mol. The first-order valence-corrected chi connectivity index (χ1v) is 13.8. The number of hydrazone groups is 1. The molecule has 2 aromatic rings. The SMILES string of the molecule is Cc1ccsc1[C@H]1CC(c2cccs2)=NN1C(=O)CN(CCN1CCOCC1)C(=O)NC(C)(C)C. The van der Waals surface area contributed by atoms with E-state index in [0.29, 0.717) is 32.7 Å². The minimum atomic E-state index is -0.397. The molecule has 0 saturated carbocycles. The number of carbonyl (C=O) groups excluding carboxylic acids is 2. The number of rotatable bonds is 7. The molecule has 2 aliphatic rings. The zero-order valence-electron chi connectivity index (χ0n) is 21.0. The fourth-order valence-corrected chi connectivity index (χ4v) is 5.97. The first kappa shape index (κ1) is 25.8. The molecule has 0 aliphatic carbocycles. The molecule has 0 aromatic carbocycles. The maximum atomic E-state index is 13.7. The van der Waals surface area contributed by atoms with Gasteiger partial charge in [0.1, 0.15) is 6.54 Å². The van der Waals surface area contributed by atoms with E-state index in [4.69, 9.17) is 9.84 Å². The van der Waals surface area contributed by atoms with Gasteiger partial charge in [0.25, 0.3) is 5.91 Å². The van der Waals surface area contributed by atoms with Crippen LogP contribution in [0.1, 0.15) is 48.6 Å². The number of hydrogen-bond acceptors (Lipinski definition) is 7. The molecule has 2 aliphatic heterocycles. The Bertz CT molecular complexity index is 1040. The molecule has 3 amide bonds. The topological polar surface area (TPSA) is 77.5 Å². The molecule has 2 aromatic heterocycles. The summed E-state index contributed by atoms with van der Waals surface area (Å²) in [4.78, 5) is 33.0. The predicted octanol–water partition coefficient (Wildman–Crippen LogP) is 3.94. The molecule has 1 saturated heterocycles. The summed E-state index contributed by atoms with van der Waals surface area (Å²) in [6.45, 7) is 12.1. The van der Waals surface area contributed by atoms with Gasteiger partial charge in [-0.15, -0.1) is 22.7 Å². The van der Waals surface area contributed by atoms with Gasteiger partial charge in [0, 0.05) is 43.0 Å². The number of nitrogens with one attached hydrogen (secondary N) is 1. The molecule has 4 rings (SSSR count). The molecule has 0 unspecified atom stereocenters. The van der Waals surface area contributed by atoms with Crippen molar-refractivity contribution in [2.45, 2.75) is 45.7 Å². The van der Waals surface area contributed by atoms with Crippen molar-refractivity contribution < 1.29 is 14.3 Å². The summed E-state index contributed by atoms with van der Waals surface area (Å²) < 4.78 is 5.44. The van der Waals surface area contributed by atoms with E-state index in [0.717, 1.165) is 34.1 Å². The molecule has 1 atom stereocenters. The smallest absolute Gasteiger partial charge is 0.318 e. The van der Waals surface area contributed by atoms with Crippen molar-refractivity contribution in [1.29, 1.82) is 0 Å². The maximum absolute atomic E-state index is 13.7. The highest BCUT2D eigenvalue weighted by molar-refractivity contribution is 7.12. The number of hydrogen-bond donors (Lipinski definition) is 1. The number of amides is 3. The fraction of sp³-hybridized carbons (Fsp3) is 0.560. The number of carbonyl (C=O) groups is 2. The van der Waals surface area contributed by atoms with E-state index in [1.165, 1.54) is 0 Å². The van der Waals surface area contributed by atoms with Gasteiger partial charge in [0.2, 0.25) is 0 Å². The van der Waals surface area contributed by atoms with E-state index in [1.807, 2.05) is 38.3 Å². The van der Waals surface area contributed by atoms with Crippen LogP contribution in [0.5, 0.6) is 0 Å². The van der Waals surface area contributed by atoms with E-state index in [1.54, 1.807) is 32.6 Å². The number of nitrogens with zero attached hydrogens (tertiary/aromatic N) is 4. The van der Waals surface area contributed by atoms with Crippen molar-refractivity contribution in [2.75, 3.05) is 45.9 Å². The van der Waals surface area contributed by atoms with Crippen LogP contribution in [0.3, 0.4) is 0 Å². The molecular formula is C25H35N5O3S2. The van der Waals surface area contributed by atoms with Crippen LogP contribution in [0, 0.1) is 6.92 Å². The lowest BCUT2D eigenvalue weighted by atomic mass is 10.1. The van der Waals surface area contributed by atoms with Crippen LogP contribution < -0.4 is 5.32 Å². The van der Waals surface area contributed by atoms with Gasteiger partial charge in [-0.3, -0.25) is 9.69 Å². The molecule has 1 N–H and O–H groups in total. The summed E-state index contributed by atoms with van der Waals surface area (Å²) in [5.41, 5.74) is 1.69. The summed E-state index contributed by atoms with van der Waals surface area (Å²) >= 11 is 3.29. The van der Waals surface area contributed by atoms with Crippen LogP contribution in [-0.4, -0.2) is 83.9 Å². The van der Waals surface area contributed by atoms with Gasteiger partial charge in [0.15, 0.2) is 0 Å². The summed E-state index contributed by atoms with van der Waals surface area (Å²) in [6.07, 6.45) is 0.676. The number of aryl methyl sites for hydroxylation is 1. The van der Waals surface area contributed by atoms with Crippen LogP contribution in [-0.2, 0) is 9.53 Å². The summed E-state index contributed by atoms with van der Waals surface area (Å²) in [6, 6.07) is 5.75. The van der Waals surface area contributed by atoms with Crippen molar-refractivity contribution in [1.82, 2.24) is 20.1 Å². The number of morpholine rings is 1. The zero-order chi connectivity index (χ0) is 25.0. The second kappa shape index (κ2) is 11.2. The Morgan fingerprint density at radius 3 is 2.60 bits per heavy atom. The van der Waals surface area contributed by atoms with Gasteiger partial charge in [-0.05, 0) is 56.2 Å². The van der Waals surface area contributed by atoms with Gasteiger partial charge in [0.05, 0.1) is 29.8 Å². The zero-order valence-corrected chi connectivity index (χ0v) is 22.6. The van der Waals surface area contributed by atoms with Gasteiger partial charge < -0.3 is 15.0 Å². The summed E-state index contributed by atoms with van der Waals surface area (Å²) in [5.74, 6) is -0.166. The van der Waals surface area contributed by atoms with Crippen molar-refractivity contribution in [3.63, 3.8) is 0 Å². The van der Waals surface area contributed by atoms with Crippen LogP contribution in [0.4, 0.5) is 4.79 Å². The third kappa shape index (κ3) is 6.69. The van der Waals surface area contributed by atoms with Gasteiger partial charge in [-0.1, -0.05) is 6.07 Å². The second-order valence-corrected chi connectivity index (χ2v) is 11.9. The van der Waals surface area contributed by atoms with E-state index in [-0.39, 0.29) is 24.5 Å². The average Bonchev–Trinajstić information content (AvgIpc) is 3.56. The molecule has 0 bridgehead atoms. The highest BCUT2D eigenvalue weighted by Gasteiger charge is 2.36. The molecule has 0 spiro atoms. The van der Waals surface area contributed by atoms with Crippen molar-refractivity contribution in [3.8, 4) is 0 Å². The van der Waals surface area contributed by atoms with Crippen molar-refractivity contribution >= 4 is 40.3 Å². The van der Waals surface area contributed by atoms with Crippen LogP contribution in [0.15, 0.2) is 34.1 Å². The summed E-state index contributed by atoms with van der Waals surface area (Å²) in [5, 5.41) is 13.5. The van der Waals surface area contributed by atoms with Crippen molar-refractivity contribution in [2.24, 2.45) is 5.10 Å². The Balaban J connectivity index is 1.53. The lowest BCUT2D eigenvalue weighted by molar-refractivity contribution is -0.133. The van der Waals surface area contributed by atoms with E-state index >= 15 is 0 Å². The molecule has 4 heterocycles. The molecule has 190 valence electrons. The highest BCUT2D eigenvalue weighted by atomic mass is 32.1. The van der Waals surface area contributed by atoms with Crippen LogP contribution in [0.25, 0.3) is 0 Å². The van der Waals surface area contributed by atoms with Gasteiger partial charge >= 0.3 is 6.03 Å². The van der Waals surface area contributed by atoms with E-state index in [2.05, 4.69) is 28.6 Å². The fourth-order valence-electron chi connectivity index (χ4n) is 4.24. The molecule has 10 heteroatoms. The predicted molar refractivity (Wildman–Crippen MR) is 141 cm³/mol. The molecule has 35 heavy (non-hydrogen) atoms. The quantitative estimate of drug-likeness (QED) is 0.604. The minimum Gasteiger partial charge on any atom is -0.379 e. The Kier molecular flexibility index (Phi) is 8.26. The Labute approximate surface area is 215 Å². The maximum Gasteiger partial charge on any atom is 0.318 e. The van der Waals surface area contributed by atoms with Crippen LogP contribution >= 0.6 is 22.7 Å². The van der Waals surface area contributed by atoms with E-state index in [9.17, 15) is 9.59 Å². The second-order valence-electron chi connectivity index (χ2n) is 10.0. The van der Waals surface area contributed by atoms with Crippen LogP contribution in [0.2, 0.25) is 0 Å². The van der Waals surface area contributed by atoms with Crippen molar-refractivity contribution in [3.05, 3.63) is 44.3 Å². The normalized spacial score (nSPS) is 19.0. The van der Waals surface area contributed by atoms with Gasteiger partial charge in [-0.25, -0.2) is 9.80 Å². The third-order valence-corrected chi connectivity index (χ3v) is 8.10. The Morgan fingerprint density at radius 1 is 1.20 bits per heavy atom. The van der Waals surface area contributed by atoms with Gasteiger partial charge in [-0.2, -0.15) is 5.10 Å². The third-order valence-electron chi connectivity index (χ3n) is 6.06. The largest absolute Gasteiger partial charge is 0.379 e. The average molecular weight is 518 g/mol. The lowest BCUT2D eigenvalue weighted by Gasteiger charge is -2.32. The lowest BCUT2D eigenvalue weighted by Crippen LogP contribution is -2.53. The first-order chi connectivity index (χ1) is 16.7. The number of ether oxygens (including phenoxy) is 1. The monoisotopic (exact) mass is 517 g/mol. The number of thiophene rings is 2.